The summed E-state index contributed by atoms with van der Waals surface area (Å²) in [5.41, 5.74) is 0.500. The van der Waals surface area contributed by atoms with Gasteiger partial charge in [-0.1, -0.05) is 80.1 Å². The number of hydrogen-bond acceptors (Lipinski definition) is 0. The van der Waals surface area contributed by atoms with E-state index in [2.05, 4.69) is 41.5 Å². The van der Waals surface area contributed by atoms with E-state index in [0.717, 1.165) is 11.8 Å². The molecule has 0 aromatic rings. The Kier molecular flexibility index (Phi) is 7.30. The van der Waals surface area contributed by atoms with E-state index < -0.39 is 0 Å². The van der Waals surface area contributed by atoms with Crippen LogP contribution in [0.15, 0.2) is 0 Å². The number of rotatable bonds is 0. The predicted molar refractivity (Wildman–Crippen MR) is 71.2 cm³/mol. The fourth-order valence-electron chi connectivity index (χ4n) is 1.30. The summed E-state index contributed by atoms with van der Waals surface area (Å²) in [6, 6.07) is 0. The van der Waals surface area contributed by atoms with Crippen LogP contribution in [0.3, 0.4) is 0 Å². The molecule has 0 aromatic carbocycles. The quantitative estimate of drug-likeness (QED) is 0.485. The Labute approximate surface area is 97.8 Å². The van der Waals surface area contributed by atoms with Gasteiger partial charge in [-0.25, -0.2) is 0 Å². The first kappa shape index (κ1) is 15.0. The minimum absolute atomic E-state index is 0.500. The van der Waals surface area contributed by atoms with Gasteiger partial charge in [-0.3, -0.25) is 0 Å². The summed E-state index contributed by atoms with van der Waals surface area (Å²) in [4.78, 5) is 0. The predicted octanol–water partition coefficient (Wildman–Crippen LogP) is 5.67. The fourth-order valence-corrected chi connectivity index (χ4v) is 1.30. The van der Waals surface area contributed by atoms with E-state index in [-0.39, 0.29) is 0 Å². The highest BCUT2D eigenvalue weighted by Gasteiger charge is 2.12. The van der Waals surface area contributed by atoms with Gasteiger partial charge in [-0.15, -0.1) is 0 Å². The zero-order valence-electron chi connectivity index (χ0n) is 11.9. The molecule has 0 saturated heterocycles. The van der Waals surface area contributed by atoms with Gasteiger partial charge < -0.3 is 0 Å². The summed E-state index contributed by atoms with van der Waals surface area (Å²) in [5, 5.41) is 0. The van der Waals surface area contributed by atoms with Crippen LogP contribution in [0.5, 0.6) is 0 Å². The number of hydrogen-bond donors (Lipinski definition) is 0. The Morgan fingerprint density at radius 2 is 0.933 bits per heavy atom. The van der Waals surface area contributed by atoms with E-state index in [1.54, 1.807) is 0 Å². The average Bonchev–Trinajstić information content (AvgIpc) is 2.64. The second-order valence-electron chi connectivity index (χ2n) is 7.07. The molecule has 0 unspecified atom stereocenters. The highest BCUT2D eigenvalue weighted by atomic mass is 14.2. The Balaban J connectivity index is 0.000000200. The van der Waals surface area contributed by atoms with Crippen LogP contribution in [-0.2, 0) is 0 Å². The van der Waals surface area contributed by atoms with Gasteiger partial charge in [-0.05, 0) is 17.3 Å². The van der Waals surface area contributed by atoms with Gasteiger partial charge >= 0.3 is 0 Å². The molecule has 0 N–H and O–H groups in total. The van der Waals surface area contributed by atoms with Gasteiger partial charge in [0.25, 0.3) is 0 Å². The highest BCUT2D eigenvalue weighted by Crippen LogP contribution is 2.26. The van der Waals surface area contributed by atoms with Crippen LogP contribution in [0.1, 0.15) is 80.1 Å². The normalized spacial score (nSPS) is 21.2. The fraction of sp³-hybridized carbons (Fsp3) is 1.00. The second-order valence-corrected chi connectivity index (χ2v) is 7.07. The SMILES string of the molecule is CC(C)(C)C.CC1CC1.CC1CCCC1. The third-order valence-corrected chi connectivity index (χ3v) is 2.51. The van der Waals surface area contributed by atoms with Crippen molar-refractivity contribution < 1.29 is 0 Å². The minimum Gasteiger partial charge on any atom is -0.0625 e. The third-order valence-electron chi connectivity index (χ3n) is 2.51. The highest BCUT2D eigenvalue weighted by molar-refractivity contribution is 4.65. The summed E-state index contributed by atoms with van der Waals surface area (Å²) < 4.78 is 0. The van der Waals surface area contributed by atoms with E-state index in [0.29, 0.717) is 5.41 Å². The first-order valence-electron chi connectivity index (χ1n) is 6.79. The maximum atomic E-state index is 2.34. The van der Waals surface area contributed by atoms with Gasteiger partial charge in [0.05, 0.1) is 0 Å². The standard InChI is InChI=1S/C6H12.C5H12.C4H8/c1-6-4-2-3-5-6;1-5(2,3)4;1-4-2-3-4/h6H,2-5H2,1H3;1-4H3;4H,2-3H2,1H3. The van der Waals surface area contributed by atoms with Crippen molar-refractivity contribution >= 4 is 0 Å². The Bertz CT molecular complexity index is 125. The van der Waals surface area contributed by atoms with Gasteiger partial charge in [0, 0.05) is 0 Å². The van der Waals surface area contributed by atoms with Crippen molar-refractivity contribution in [1.29, 1.82) is 0 Å². The average molecular weight is 212 g/mol. The van der Waals surface area contributed by atoms with Gasteiger partial charge in [0.1, 0.15) is 0 Å². The maximum Gasteiger partial charge on any atom is -0.0411 e. The Morgan fingerprint density at radius 1 is 0.667 bits per heavy atom. The molecule has 0 radical (unpaired) electrons. The van der Waals surface area contributed by atoms with E-state index in [9.17, 15) is 0 Å². The van der Waals surface area contributed by atoms with Crippen molar-refractivity contribution in [2.45, 2.75) is 80.1 Å². The zero-order chi connectivity index (χ0) is 11.9. The zero-order valence-corrected chi connectivity index (χ0v) is 11.9. The summed E-state index contributed by atoms with van der Waals surface area (Å²) >= 11 is 0. The summed E-state index contributed by atoms with van der Waals surface area (Å²) in [6.45, 7) is 13.4. The van der Waals surface area contributed by atoms with Crippen LogP contribution in [0.4, 0.5) is 0 Å². The van der Waals surface area contributed by atoms with Gasteiger partial charge in [0.15, 0.2) is 0 Å². The van der Waals surface area contributed by atoms with E-state index in [1.165, 1.54) is 38.5 Å². The van der Waals surface area contributed by atoms with Crippen LogP contribution in [0.2, 0.25) is 0 Å². The molecule has 2 aliphatic rings. The van der Waals surface area contributed by atoms with Gasteiger partial charge in [-0.2, -0.15) is 0 Å². The molecule has 0 atom stereocenters. The van der Waals surface area contributed by atoms with Crippen molar-refractivity contribution in [3.05, 3.63) is 0 Å². The van der Waals surface area contributed by atoms with Crippen LogP contribution >= 0.6 is 0 Å². The lowest BCUT2D eigenvalue weighted by Gasteiger charge is -2.05. The lowest BCUT2D eigenvalue weighted by molar-refractivity contribution is 0.469. The van der Waals surface area contributed by atoms with Crippen molar-refractivity contribution in [3.63, 3.8) is 0 Å². The second kappa shape index (κ2) is 7.30. The summed E-state index contributed by atoms with van der Waals surface area (Å²) in [6.07, 6.45) is 8.92. The van der Waals surface area contributed by atoms with E-state index in [4.69, 9.17) is 0 Å². The molecule has 0 bridgehead atoms. The monoisotopic (exact) mass is 212 g/mol. The molecule has 0 spiro atoms. The smallest absolute Gasteiger partial charge is 0.0411 e. The van der Waals surface area contributed by atoms with Crippen LogP contribution < -0.4 is 0 Å². The molecule has 2 saturated carbocycles. The molecule has 15 heavy (non-hydrogen) atoms. The Hall–Kier alpha value is 0. The first-order valence-corrected chi connectivity index (χ1v) is 6.79. The molecular weight excluding hydrogens is 180 g/mol. The summed E-state index contributed by atoms with van der Waals surface area (Å²) in [7, 11) is 0. The molecule has 0 nitrogen and oxygen atoms in total. The topological polar surface area (TPSA) is 0 Å². The van der Waals surface area contributed by atoms with Crippen LogP contribution in [0, 0.1) is 17.3 Å². The van der Waals surface area contributed by atoms with Crippen molar-refractivity contribution in [3.8, 4) is 0 Å². The van der Waals surface area contributed by atoms with Crippen molar-refractivity contribution in [2.24, 2.45) is 17.3 Å². The van der Waals surface area contributed by atoms with Crippen molar-refractivity contribution in [2.75, 3.05) is 0 Å². The first-order chi connectivity index (χ1) is 6.79. The summed E-state index contributed by atoms with van der Waals surface area (Å²) in [5.74, 6) is 2.13. The molecule has 92 valence electrons. The van der Waals surface area contributed by atoms with Crippen LogP contribution in [0.25, 0.3) is 0 Å². The molecule has 0 amide bonds. The largest absolute Gasteiger partial charge is 0.0625 e. The molecule has 2 rings (SSSR count). The van der Waals surface area contributed by atoms with Crippen LogP contribution in [-0.4, -0.2) is 0 Å². The molecule has 0 heteroatoms. The van der Waals surface area contributed by atoms with E-state index >= 15 is 0 Å². The van der Waals surface area contributed by atoms with Gasteiger partial charge in [0.2, 0.25) is 0 Å². The lowest BCUT2D eigenvalue weighted by atomic mass is 10.0. The third kappa shape index (κ3) is 20.2. The molecular formula is C15H32. The maximum absolute atomic E-state index is 2.34. The molecule has 0 aromatic heterocycles. The Morgan fingerprint density at radius 3 is 1.00 bits per heavy atom. The molecule has 2 aliphatic carbocycles. The van der Waals surface area contributed by atoms with E-state index in [1.807, 2.05) is 0 Å². The molecule has 0 aliphatic heterocycles. The lowest BCUT2D eigenvalue weighted by Crippen LogP contribution is -1.93. The minimum atomic E-state index is 0.500. The van der Waals surface area contributed by atoms with Crippen molar-refractivity contribution in [1.82, 2.24) is 0 Å². The molecule has 0 heterocycles. The molecule has 2 fully saturated rings.